The van der Waals surface area contributed by atoms with Gasteiger partial charge in [0.1, 0.15) is 0 Å². The number of hydrogen-bond acceptors (Lipinski definition) is 4. The molecule has 0 heterocycles. The number of anilines is 1. The Balaban J connectivity index is 2.25. The van der Waals surface area contributed by atoms with Gasteiger partial charge in [-0.15, -0.1) is 0 Å². The first-order valence-corrected chi connectivity index (χ1v) is 10.1. The van der Waals surface area contributed by atoms with Crippen molar-refractivity contribution in [3.63, 3.8) is 0 Å². The molecule has 0 aliphatic carbocycles. The SMILES string of the molecule is CNC(=O)Nc1cc(Cl)c(Sc2ccc(S(C)(=O)=O)cc2)c(Cl)c1. The highest BCUT2D eigenvalue weighted by molar-refractivity contribution is 7.99. The highest BCUT2D eigenvalue weighted by Gasteiger charge is 2.12. The quantitative estimate of drug-likeness (QED) is 0.796. The summed E-state index contributed by atoms with van der Waals surface area (Å²) in [6, 6.07) is 9.24. The van der Waals surface area contributed by atoms with Gasteiger partial charge >= 0.3 is 6.03 Å². The molecule has 5 nitrogen and oxygen atoms in total. The molecule has 0 bridgehead atoms. The molecule has 0 radical (unpaired) electrons. The highest BCUT2D eigenvalue weighted by Crippen LogP contribution is 2.40. The molecule has 24 heavy (non-hydrogen) atoms. The maximum Gasteiger partial charge on any atom is 0.318 e. The molecule has 128 valence electrons. The van der Waals surface area contributed by atoms with E-state index in [2.05, 4.69) is 10.6 Å². The van der Waals surface area contributed by atoms with Gasteiger partial charge in [-0.05, 0) is 36.4 Å². The first-order valence-electron chi connectivity index (χ1n) is 6.66. The molecule has 9 heteroatoms. The van der Waals surface area contributed by atoms with Crippen molar-refractivity contribution in [2.45, 2.75) is 14.7 Å². The molecule has 0 saturated heterocycles. The Morgan fingerprint density at radius 3 is 2.08 bits per heavy atom. The number of nitrogens with one attached hydrogen (secondary N) is 2. The number of rotatable bonds is 4. The summed E-state index contributed by atoms with van der Waals surface area (Å²) < 4.78 is 22.9. The summed E-state index contributed by atoms with van der Waals surface area (Å²) in [4.78, 5) is 13.0. The van der Waals surface area contributed by atoms with Crippen LogP contribution in [0.1, 0.15) is 0 Å². The van der Waals surface area contributed by atoms with E-state index >= 15 is 0 Å². The summed E-state index contributed by atoms with van der Waals surface area (Å²) in [5.74, 6) is 0. The van der Waals surface area contributed by atoms with Gasteiger partial charge in [-0.2, -0.15) is 0 Å². The Morgan fingerprint density at radius 2 is 1.62 bits per heavy atom. The van der Waals surface area contributed by atoms with Crippen LogP contribution in [0.15, 0.2) is 51.1 Å². The lowest BCUT2D eigenvalue weighted by atomic mass is 10.3. The number of carbonyl (C=O) groups is 1. The Bertz CT molecular complexity index is 846. The third-order valence-corrected chi connectivity index (χ3v) is 6.06. The monoisotopic (exact) mass is 404 g/mol. The van der Waals surface area contributed by atoms with Crippen LogP contribution in [0.4, 0.5) is 10.5 Å². The lowest BCUT2D eigenvalue weighted by molar-refractivity contribution is 0.254. The van der Waals surface area contributed by atoms with Crippen molar-refractivity contribution < 1.29 is 13.2 Å². The topological polar surface area (TPSA) is 75.3 Å². The lowest BCUT2D eigenvalue weighted by Crippen LogP contribution is -2.24. The second kappa shape index (κ2) is 7.65. The van der Waals surface area contributed by atoms with E-state index in [0.717, 1.165) is 11.2 Å². The summed E-state index contributed by atoms with van der Waals surface area (Å²) >= 11 is 13.8. The van der Waals surface area contributed by atoms with Crippen molar-refractivity contribution in [1.82, 2.24) is 5.32 Å². The fourth-order valence-electron chi connectivity index (χ4n) is 1.80. The first kappa shape index (κ1) is 18.9. The number of halogens is 2. The first-order chi connectivity index (χ1) is 11.2. The zero-order valence-corrected chi connectivity index (χ0v) is 15.9. The van der Waals surface area contributed by atoms with Crippen molar-refractivity contribution in [2.75, 3.05) is 18.6 Å². The van der Waals surface area contributed by atoms with E-state index in [9.17, 15) is 13.2 Å². The van der Waals surface area contributed by atoms with Crippen LogP contribution in [-0.4, -0.2) is 27.8 Å². The molecule has 2 N–H and O–H groups in total. The Morgan fingerprint density at radius 1 is 1.08 bits per heavy atom. The average Bonchev–Trinajstić information content (AvgIpc) is 2.50. The van der Waals surface area contributed by atoms with Gasteiger partial charge < -0.3 is 10.6 Å². The summed E-state index contributed by atoms with van der Waals surface area (Å²) in [5.41, 5.74) is 0.473. The fourth-order valence-corrected chi connectivity index (χ4v) is 3.97. The van der Waals surface area contributed by atoms with Crippen molar-refractivity contribution in [1.29, 1.82) is 0 Å². The van der Waals surface area contributed by atoms with Crippen LogP contribution in [0.5, 0.6) is 0 Å². The maximum absolute atomic E-state index is 11.5. The van der Waals surface area contributed by atoms with Gasteiger partial charge in [-0.3, -0.25) is 0 Å². The lowest BCUT2D eigenvalue weighted by Gasteiger charge is -2.11. The molecular formula is C15H14Cl2N2O3S2. The van der Waals surface area contributed by atoms with E-state index in [0.29, 0.717) is 20.6 Å². The van der Waals surface area contributed by atoms with Gasteiger partial charge in [0.25, 0.3) is 0 Å². The normalized spacial score (nSPS) is 11.2. The second-order valence-electron chi connectivity index (χ2n) is 4.82. The van der Waals surface area contributed by atoms with Crippen molar-refractivity contribution in [3.8, 4) is 0 Å². The maximum atomic E-state index is 11.5. The number of benzene rings is 2. The number of urea groups is 1. The predicted octanol–water partition coefficient (Wildman–Crippen LogP) is 4.30. The molecule has 0 spiro atoms. The van der Waals surface area contributed by atoms with Gasteiger partial charge in [0.2, 0.25) is 0 Å². The minimum atomic E-state index is -3.24. The van der Waals surface area contributed by atoms with Crippen LogP contribution in [-0.2, 0) is 9.84 Å². The number of hydrogen-bond donors (Lipinski definition) is 2. The molecule has 2 aromatic rings. The summed E-state index contributed by atoms with van der Waals surface area (Å²) in [6.07, 6.45) is 1.15. The van der Waals surface area contributed by atoms with Gasteiger partial charge in [-0.1, -0.05) is 35.0 Å². The van der Waals surface area contributed by atoms with E-state index in [1.165, 1.54) is 30.9 Å². The van der Waals surface area contributed by atoms with E-state index in [1.54, 1.807) is 24.3 Å². The van der Waals surface area contributed by atoms with E-state index in [1.807, 2.05) is 0 Å². The van der Waals surface area contributed by atoms with E-state index in [4.69, 9.17) is 23.2 Å². The Labute approximate surface area is 154 Å². The van der Waals surface area contributed by atoms with Gasteiger partial charge in [0.05, 0.1) is 14.9 Å². The molecule has 2 rings (SSSR count). The highest BCUT2D eigenvalue weighted by atomic mass is 35.5. The largest absolute Gasteiger partial charge is 0.341 e. The van der Waals surface area contributed by atoms with Crippen molar-refractivity contribution >= 4 is 56.5 Å². The molecular weight excluding hydrogens is 391 g/mol. The number of amides is 2. The van der Waals surface area contributed by atoms with Crippen LogP contribution in [0, 0.1) is 0 Å². The van der Waals surface area contributed by atoms with Crippen LogP contribution in [0.2, 0.25) is 10.0 Å². The second-order valence-corrected chi connectivity index (χ2v) is 8.73. The van der Waals surface area contributed by atoms with Gasteiger partial charge in [0, 0.05) is 28.8 Å². The van der Waals surface area contributed by atoms with Crippen LogP contribution >= 0.6 is 35.0 Å². The standard InChI is InChI=1S/C15H14Cl2N2O3S2/c1-18-15(20)19-9-7-12(16)14(13(17)8-9)23-10-3-5-11(6-4-10)24(2,21)22/h3-8H,1-2H3,(H2,18,19,20). The van der Waals surface area contributed by atoms with E-state index < -0.39 is 9.84 Å². The van der Waals surface area contributed by atoms with Crippen LogP contribution in [0.3, 0.4) is 0 Å². The average molecular weight is 405 g/mol. The summed E-state index contributed by atoms with van der Waals surface area (Å²) in [6.45, 7) is 0. The minimum Gasteiger partial charge on any atom is -0.341 e. The molecule has 0 aliphatic rings. The molecule has 2 amide bonds. The smallest absolute Gasteiger partial charge is 0.318 e. The molecule has 0 saturated carbocycles. The Kier molecular flexibility index (Phi) is 6.03. The third-order valence-electron chi connectivity index (χ3n) is 2.96. The molecule has 0 fully saturated rings. The molecule has 0 atom stereocenters. The fraction of sp³-hybridized carbons (Fsp3) is 0.133. The van der Waals surface area contributed by atoms with Gasteiger partial charge in [0.15, 0.2) is 9.84 Å². The summed E-state index contributed by atoms with van der Waals surface area (Å²) in [7, 11) is -1.73. The Hall–Kier alpha value is -1.41. The van der Waals surface area contributed by atoms with Crippen molar-refractivity contribution in [3.05, 3.63) is 46.4 Å². The zero-order valence-electron chi connectivity index (χ0n) is 12.8. The van der Waals surface area contributed by atoms with Gasteiger partial charge in [-0.25, -0.2) is 13.2 Å². The number of sulfone groups is 1. The van der Waals surface area contributed by atoms with Crippen LogP contribution in [0.25, 0.3) is 0 Å². The number of carbonyl (C=O) groups excluding carboxylic acids is 1. The minimum absolute atomic E-state index is 0.245. The summed E-state index contributed by atoms with van der Waals surface area (Å²) in [5, 5.41) is 5.79. The van der Waals surface area contributed by atoms with Crippen molar-refractivity contribution in [2.24, 2.45) is 0 Å². The van der Waals surface area contributed by atoms with E-state index in [-0.39, 0.29) is 10.9 Å². The zero-order chi connectivity index (χ0) is 17.9. The van der Waals surface area contributed by atoms with Crippen LogP contribution < -0.4 is 10.6 Å². The molecule has 0 unspecified atom stereocenters. The third kappa shape index (κ3) is 4.80. The molecule has 0 aliphatic heterocycles. The predicted molar refractivity (Wildman–Crippen MR) is 98.2 cm³/mol. The molecule has 2 aromatic carbocycles. The molecule has 0 aromatic heterocycles.